The SMILES string of the molecule is CS(=O)(=O)c1ccc(-c2ccccc2C(=O)N2CCC(C#N)(c3ccccc3)CC2)cc1. The summed E-state index contributed by atoms with van der Waals surface area (Å²) in [7, 11) is -3.28. The highest BCUT2D eigenvalue weighted by Crippen LogP contribution is 2.36. The standard InChI is InChI=1S/C26H24N2O3S/c1-32(30,31)22-13-11-20(12-14-22)23-9-5-6-10-24(23)25(29)28-17-15-26(19-27,16-18-28)21-7-3-2-4-8-21/h2-14H,15-18H2,1H3. The van der Waals surface area contributed by atoms with Gasteiger partial charge >= 0.3 is 0 Å². The molecule has 1 fully saturated rings. The number of carbonyl (C=O) groups is 1. The molecule has 0 unspecified atom stereocenters. The van der Waals surface area contributed by atoms with E-state index in [1.54, 1.807) is 30.3 Å². The highest BCUT2D eigenvalue weighted by Gasteiger charge is 2.38. The fourth-order valence-corrected chi connectivity index (χ4v) is 4.92. The lowest BCUT2D eigenvalue weighted by Gasteiger charge is -2.38. The zero-order valence-corrected chi connectivity index (χ0v) is 18.7. The summed E-state index contributed by atoms with van der Waals surface area (Å²) in [6, 6.07) is 26.2. The first-order valence-corrected chi connectivity index (χ1v) is 12.4. The lowest BCUT2D eigenvalue weighted by molar-refractivity contribution is 0.0692. The molecule has 6 heteroatoms. The van der Waals surface area contributed by atoms with Crippen LogP contribution in [-0.2, 0) is 15.3 Å². The van der Waals surface area contributed by atoms with E-state index in [1.807, 2.05) is 53.4 Å². The number of piperidine rings is 1. The van der Waals surface area contributed by atoms with E-state index >= 15 is 0 Å². The highest BCUT2D eigenvalue weighted by molar-refractivity contribution is 7.90. The van der Waals surface area contributed by atoms with E-state index in [0.29, 0.717) is 31.5 Å². The van der Waals surface area contributed by atoms with Crippen LogP contribution < -0.4 is 0 Å². The normalized spacial score (nSPS) is 15.7. The zero-order valence-electron chi connectivity index (χ0n) is 17.9. The van der Waals surface area contributed by atoms with Crippen LogP contribution in [0.5, 0.6) is 0 Å². The second-order valence-electron chi connectivity index (χ2n) is 8.19. The summed E-state index contributed by atoms with van der Waals surface area (Å²) in [6.07, 6.45) is 2.35. The number of benzene rings is 3. The molecular formula is C26H24N2O3S. The monoisotopic (exact) mass is 444 g/mol. The molecule has 0 spiro atoms. The number of hydrogen-bond acceptors (Lipinski definition) is 4. The van der Waals surface area contributed by atoms with E-state index in [-0.39, 0.29) is 10.8 Å². The zero-order chi connectivity index (χ0) is 22.8. The average molecular weight is 445 g/mol. The van der Waals surface area contributed by atoms with Gasteiger partial charge in [-0.3, -0.25) is 4.79 Å². The van der Waals surface area contributed by atoms with Gasteiger partial charge in [0.05, 0.1) is 16.4 Å². The summed E-state index contributed by atoms with van der Waals surface area (Å²) in [6.45, 7) is 1.01. The molecule has 1 amide bonds. The molecule has 0 atom stereocenters. The van der Waals surface area contributed by atoms with Crippen LogP contribution in [0.15, 0.2) is 83.8 Å². The van der Waals surface area contributed by atoms with Gasteiger partial charge < -0.3 is 4.90 Å². The third kappa shape index (κ3) is 4.17. The van der Waals surface area contributed by atoms with Crippen LogP contribution in [0, 0.1) is 11.3 Å². The first kappa shape index (κ1) is 21.8. The number of amides is 1. The van der Waals surface area contributed by atoms with E-state index in [0.717, 1.165) is 16.7 Å². The van der Waals surface area contributed by atoms with Crippen molar-refractivity contribution in [2.75, 3.05) is 19.3 Å². The number of nitriles is 1. The summed E-state index contributed by atoms with van der Waals surface area (Å²) in [4.78, 5) is 15.5. The third-order valence-electron chi connectivity index (χ3n) is 6.20. The Morgan fingerprint density at radius 1 is 0.906 bits per heavy atom. The number of likely N-dealkylation sites (tertiary alicyclic amines) is 1. The molecule has 0 radical (unpaired) electrons. The van der Waals surface area contributed by atoms with Gasteiger partial charge in [-0.15, -0.1) is 0 Å². The molecule has 0 bridgehead atoms. The van der Waals surface area contributed by atoms with Gasteiger partial charge in [0.15, 0.2) is 9.84 Å². The predicted molar refractivity (Wildman–Crippen MR) is 124 cm³/mol. The Morgan fingerprint density at radius 3 is 2.09 bits per heavy atom. The molecular weight excluding hydrogens is 420 g/mol. The Morgan fingerprint density at radius 2 is 1.50 bits per heavy atom. The molecule has 0 saturated carbocycles. The first-order valence-electron chi connectivity index (χ1n) is 10.5. The van der Waals surface area contributed by atoms with Crippen molar-refractivity contribution in [2.45, 2.75) is 23.2 Å². The minimum Gasteiger partial charge on any atom is -0.338 e. The van der Waals surface area contributed by atoms with Crippen LogP contribution in [0.3, 0.4) is 0 Å². The lowest BCUT2D eigenvalue weighted by Crippen LogP contribution is -2.44. The second-order valence-corrected chi connectivity index (χ2v) is 10.2. The summed E-state index contributed by atoms with van der Waals surface area (Å²) in [5, 5.41) is 9.91. The molecule has 3 aromatic carbocycles. The maximum atomic E-state index is 13.4. The van der Waals surface area contributed by atoms with Crippen LogP contribution in [0.25, 0.3) is 11.1 Å². The van der Waals surface area contributed by atoms with Gasteiger partial charge in [0, 0.05) is 24.9 Å². The molecule has 3 aromatic rings. The van der Waals surface area contributed by atoms with Gasteiger partial charge in [0.1, 0.15) is 0 Å². The van der Waals surface area contributed by atoms with Crippen LogP contribution in [-0.4, -0.2) is 38.6 Å². The minimum absolute atomic E-state index is 0.0765. The fraction of sp³-hybridized carbons (Fsp3) is 0.231. The topological polar surface area (TPSA) is 78.2 Å². The van der Waals surface area contributed by atoms with Gasteiger partial charge in [-0.25, -0.2) is 8.42 Å². The second kappa shape index (κ2) is 8.60. The van der Waals surface area contributed by atoms with Crippen molar-refractivity contribution < 1.29 is 13.2 Å². The lowest BCUT2D eigenvalue weighted by atomic mass is 9.74. The Labute approximate surface area is 188 Å². The van der Waals surface area contributed by atoms with Crippen LogP contribution in [0.4, 0.5) is 0 Å². The van der Waals surface area contributed by atoms with E-state index < -0.39 is 15.3 Å². The molecule has 1 aliphatic rings. The van der Waals surface area contributed by atoms with Gasteiger partial charge in [-0.2, -0.15) is 5.26 Å². The van der Waals surface area contributed by atoms with Crippen LogP contribution in [0.1, 0.15) is 28.8 Å². The van der Waals surface area contributed by atoms with Crippen LogP contribution in [0.2, 0.25) is 0 Å². The van der Waals surface area contributed by atoms with E-state index in [9.17, 15) is 18.5 Å². The van der Waals surface area contributed by atoms with Crippen molar-refractivity contribution >= 4 is 15.7 Å². The summed E-state index contributed by atoms with van der Waals surface area (Å²) in [5.74, 6) is -0.0765. The number of carbonyl (C=O) groups excluding carboxylic acids is 1. The van der Waals surface area contributed by atoms with E-state index in [2.05, 4.69) is 6.07 Å². The average Bonchev–Trinajstić information content (AvgIpc) is 2.84. The first-order chi connectivity index (χ1) is 15.3. The van der Waals surface area contributed by atoms with Crippen molar-refractivity contribution in [1.29, 1.82) is 5.26 Å². The number of sulfone groups is 1. The number of rotatable bonds is 4. The van der Waals surface area contributed by atoms with Crippen molar-refractivity contribution in [3.05, 3.63) is 90.0 Å². The molecule has 4 rings (SSSR count). The summed E-state index contributed by atoms with van der Waals surface area (Å²) >= 11 is 0. The van der Waals surface area contributed by atoms with Gasteiger partial charge in [0.2, 0.25) is 0 Å². The molecule has 32 heavy (non-hydrogen) atoms. The Hall–Kier alpha value is -3.43. The maximum Gasteiger partial charge on any atom is 0.254 e. The van der Waals surface area contributed by atoms with E-state index in [1.165, 1.54) is 6.26 Å². The molecule has 5 nitrogen and oxygen atoms in total. The maximum absolute atomic E-state index is 13.4. The fourth-order valence-electron chi connectivity index (χ4n) is 4.29. The van der Waals surface area contributed by atoms with Crippen LogP contribution >= 0.6 is 0 Å². The Balaban J connectivity index is 1.57. The minimum atomic E-state index is -3.28. The van der Waals surface area contributed by atoms with Gasteiger partial charge in [-0.05, 0) is 47.7 Å². The Bertz CT molecular complexity index is 1270. The predicted octanol–water partition coefficient (Wildman–Crippen LogP) is 4.45. The van der Waals surface area contributed by atoms with Crippen molar-refractivity contribution in [1.82, 2.24) is 4.90 Å². The molecule has 1 saturated heterocycles. The molecule has 0 aromatic heterocycles. The van der Waals surface area contributed by atoms with Gasteiger partial charge in [0.25, 0.3) is 5.91 Å². The molecule has 0 N–H and O–H groups in total. The molecule has 162 valence electrons. The number of hydrogen-bond donors (Lipinski definition) is 0. The van der Waals surface area contributed by atoms with Crippen molar-refractivity contribution in [2.24, 2.45) is 0 Å². The highest BCUT2D eigenvalue weighted by atomic mass is 32.2. The summed E-state index contributed by atoms with van der Waals surface area (Å²) < 4.78 is 23.5. The largest absolute Gasteiger partial charge is 0.338 e. The molecule has 0 aliphatic carbocycles. The van der Waals surface area contributed by atoms with Crippen molar-refractivity contribution in [3.63, 3.8) is 0 Å². The van der Waals surface area contributed by atoms with E-state index in [4.69, 9.17) is 0 Å². The smallest absolute Gasteiger partial charge is 0.254 e. The van der Waals surface area contributed by atoms with Crippen molar-refractivity contribution in [3.8, 4) is 17.2 Å². The quantitative estimate of drug-likeness (QED) is 0.595. The summed E-state index contributed by atoms with van der Waals surface area (Å²) in [5.41, 5.74) is 2.55. The third-order valence-corrected chi connectivity index (χ3v) is 7.32. The molecule has 1 heterocycles. The molecule has 1 aliphatic heterocycles. The number of nitrogens with zero attached hydrogens (tertiary/aromatic N) is 2. The van der Waals surface area contributed by atoms with Gasteiger partial charge in [-0.1, -0.05) is 60.7 Å². The Kier molecular flexibility index (Phi) is 5.86.